The zero-order chi connectivity index (χ0) is 37.2. The minimum Gasteiger partial charge on any atom is -0.462 e. The van der Waals surface area contributed by atoms with Crippen LogP contribution in [0, 0.1) is 0 Å². The highest BCUT2D eigenvalue weighted by Crippen LogP contribution is 2.20. The van der Waals surface area contributed by atoms with E-state index in [9.17, 15) is 14.4 Å². The molecule has 300 valence electrons. The molecule has 0 atom stereocenters. The van der Waals surface area contributed by atoms with Gasteiger partial charge in [-0.15, -0.1) is 0 Å². The molecule has 7 nitrogen and oxygen atoms in total. The van der Waals surface area contributed by atoms with Crippen LogP contribution < -0.4 is 0 Å². The summed E-state index contributed by atoms with van der Waals surface area (Å²) >= 11 is 0. The highest BCUT2D eigenvalue weighted by atomic mass is 16.6. The Labute approximate surface area is 315 Å². The van der Waals surface area contributed by atoms with Gasteiger partial charge in [-0.05, 0) is 103 Å². The molecule has 0 aromatic carbocycles. The van der Waals surface area contributed by atoms with Crippen molar-refractivity contribution in [3.8, 4) is 0 Å². The van der Waals surface area contributed by atoms with Crippen LogP contribution in [0.25, 0.3) is 0 Å². The third kappa shape index (κ3) is 28.5. The largest absolute Gasteiger partial charge is 0.462 e. The second kappa shape index (κ2) is 34.2. The summed E-state index contributed by atoms with van der Waals surface area (Å²) in [6.45, 7) is 12.0. The lowest BCUT2D eigenvalue weighted by atomic mass is 10.0. The molecule has 7 heteroatoms. The highest BCUT2D eigenvalue weighted by Gasteiger charge is 2.18. The molecule has 0 saturated carbocycles. The first kappa shape index (κ1) is 47.4. The smallest absolute Gasteiger partial charge is 0.306 e. The molecule has 0 amide bonds. The number of nitrogens with zero attached hydrogens (tertiary/aromatic N) is 1. The van der Waals surface area contributed by atoms with Crippen LogP contribution in [-0.2, 0) is 28.6 Å². The molecule has 0 aromatic heterocycles. The van der Waals surface area contributed by atoms with Crippen LogP contribution in [0.3, 0.4) is 0 Å². The predicted molar refractivity (Wildman–Crippen MR) is 212 cm³/mol. The monoisotopic (exact) mass is 722 g/mol. The molecule has 1 aliphatic heterocycles. The zero-order valence-electron chi connectivity index (χ0n) is 34.2. The SMILES string of the molecule is CCCCC(CCCC)OC(=O)CCCCCCC(CCCCCCC(=O)OC(CCCC)CCCC)OC(=O)CCCN1CCCCCCC1. The molecule has 0 aromatic rings. The number of ether oxygens (including phenoxy) is 3. The summed E-state index contributed by atoms with van der Waals surface area (Å²) in [5, 5.41) is 0. The summed E-state index contributed by atoms with van der Waals surface area (Å²) in [5.41, 5.74) is 0. The molecule has 1 fully saturated rings. The van der Waals surface area contributed by atoms with E-state index in [-0.39, 0.29) is 36.2 Å². The predicted octanol–water partition coefficient (Wildman–Crippen LogP) is 12.2. The zero-order valence-corrected chi connectivity index (χ0v) is 34.2. The molecule has 0 N–H and O–H groups in total. The minimum atomic E-state index is -0.0565. The van der Waals surface area contributed by atoms with E-state index in [1.54, 1.807) is 0 Å². The number of esters is 3. The minimum absolute atomic E-state index is 0.0455. The highest BCUT2D eigenvalue weighted by molar-refractivity contribution is 5.70. The van der Waals surface area contributed by atoms with E-state index in [0.29, 0.717) is 19.3 Å². The Morgan fingerprint density at radius 3 is 1.10 bits per heavy atom. The second-order valence-electron chi connectivity index (χ2n) is 15.5. The van der Waals surface area contributed by atoms with Crippen molar-refractivity contribution in [2.75, 3.05) is 19.6 Å². The van der Waals surface area contributed by atoms with Crippen molar-refractivity contribution in [3.63, 3.8) is 0 Å². The lowest BCUT2D eigenvalue weighted by Gasteiger charge is -2.24. The maximum Gasteiger partial charge on any atom is 0.306 e. The molecule has 0 spiro atoms. The van der Waals surface area contributed by atoms with Crippen LogP contribution in [0.15, 0.2) is 0 Å². The van der Waals surface area contributed by atoms with E-state index in [1.165, 1.54) is 32.1 Å². The van der Waals surface area contributed by atoms with Gasteiger partial charge < -0.3 is 19.1 Å². The van der Waals surface area contributed by atoms with Crippen LogP contribution >= 0.6 is 0 Å². The fraction of sp³-hybridized carbons (Fsp3) is 0.932. The summed E-state index contributed by atoms with van der Waals surface area (Å²) in [4.78, 5) is 40.5. The number of carbonyl (C=O) groups is 3. The maximum absolute atomic E-state index is 12.9. The van der Waals surface area contributed by atoms with Crippen LogP contribution in [0.2, 0.25) is 0 Å². The average molecular weight is 722 g/mol. The molecular weight excluding hydrogens is 638 g/mol. The molecule has 51 heavy (non-hydrogen) atoms. The Morgan fingerprint density at radius 2 is 0.725 bits per heavy atom. The van der Waals surface area contributed by atoms with Gasteiger partial charge in [0.25, 0.3) is 0 Å². The lowest BCUT2D eigenvalue weighted by Crippen LogP contribution is -2.29. The molecule has 1 heterocycles. The van der Waals surface area contributed by atoms with Crippen molar-refractivity contribution >= 4 is 17.9 Å². The van der Waals surface area contributed by atoms with Crippen molar-refractivity contribution in [1.29, 1.82) is 0 Å². The first-order valence-electron chi connectivity index (χ1n) is 22.2. The Morgan fingerprint density at radius 1 is 0.412 bits per heavy atom. The Kier molecular flexibility index (Phi) is 31.7. The normalized spacial score (nSPS) is 14.2. The number of hydrogen-bond donors (Lipinski definition) is 0. The van der Waals surface area contributed by atoms with E-state index in [1.807, 2.05) is 0 Å². The quantitative estimate of drug-likeness (QED) is 0.0379. The van der Waals surface area contributed by atoms with Crippen LogP contribution in [0.1, 0.15) is 227 Å². The molecule has 0 radical (unpaired) electrons. The summed E-state index contributed by atoms with van der Waals surface area (Å²) in [5.74, 6) is -0.148. The van der Waals surface area contributed by atoms with Gasteiger partial charge in [-0.2, -0.15) is 0 Å². The number of carbonyl (C=O) groups excluding carboxylic acids is 3. The molecule has 0 bridgehead atoms. The topological polar surface area (TPSA) is 82.1 Å². The van der Waals surface area contributed by atoms with Crippen LogP contribution in [0.5, 0.6) is 0 Å². The number of rotatable bonds is 33. The summed E-state index contributed by atoms with van der Waals surface area (Å²) < 4.78 is 17.7. The standard InChI is InChI=1S/C44H83NO6/c1-5-9-27-39(28-10-6-2)49-42(46)33-22-16-14-20-31-41(51-44(48)35-26-38-45-36-24-18-13-19-25-37-45)32-21-15-17-23-34-43(47)50-40(29-11-7-3)30-12-8-4/h39-41H,5-38H2,1-4H3. The molecular formula is C44H83NO6. The molecule has 1 rings (SSSR count). The average Bonchev–Trinajstić information content (AvgIpc) is 3.10. The van der Waals surface area contributed by atoms with Gasteiger partial charge in [-0.1, -0.05) is 124 Å². The molecule has 0 aliphatic carbocycles. The molecule has 1 aliphatic rings. The number of unbranched alkanes of at least 4 members (excludes halogenated alkanes) is 10. The van der Waals surface area contributed by atoms with Gasteiger partial charge in [0, 0.05) is 19.3 Å². The third-order valence-electron chi connectivity index (χ3n) is 10.5. The summed E-state index contributed by atoms with van der Waals surface area (Å²) in [6, 6.07) is 0. The first-order valence-corrected chi connectivity index (χ1v) is 22.2. The summed E-state index contributed by atoms with van der Waals surface area (Å²) in [7, 11) is 0. The Balaban J connectivity index is 2.45. The van der Waals surface area contributed by atoms with E-state index in [0.717, 1.165) is 167 Å². The molecule has 0 unspecified atom stereocenters. The van der Waals surface area contributed by atoms with E-state index in [4.69, 9.17) is 14.2 Å². The molecule has 1 saturated heterocycles. The van der Waals surface area contributed by atoms with Gasteiger partial charge in [-0.3, -0.25) is 14.4 Å². The van der Waals surface area contributed by atoms with Crippen molar-refractivity contribution < 1.29 is 28.6 Å². The first-order chi connectivity index (χ1) is 24.9. The van der Waals surface area contributed by atoms with Gasteiger partial charge >= 0.3 is 17.9 Å². The Hall–Kier alpha value is -1.63. The van der Waals surface area contributed by atoms with Crippen molar-refractivity contribution in [2.45, 2.75) is 245 Å². The van der Waals surface area contributed by atoms with Gasteiger partial charge in [0.1, 0.15) is 18.3 Å². The third-order valence-corrected chi connectivity index (χ3v) is 10.5. The number of hydrogen-bond acceptors (Lipinski definition) is 7. The van der Waals surface area contributed by atoms with Crippen LogP contribution in [-0.4, -0.2) is 60.8 Å². The fourth-order valence-electron chi connectivity index (χ4n) is 7.22. The number of likely N-dealkylation sites (tertiary alicyclic amines) is 1. The van der Waals surface area contributed by atoms with Gasteiger partial charge in [0.2, 0.25) is 0 Å². The maximum atomic E-state index is 12.9. The van der Waals surface area contributed by atoms with E-state index < -0.39 is 0 Å². The Bertz CT molecular complexity index is 764. The fourth-order valence-corrected chi connectivity index (χ4v) is 7.22. The van der Waals surface area contributed by atoms with Gasteiger partial charge in [-0.25, -0.2) is 0 Å². The van der Waals surface area contributed by atoms with Crippen molar-refractivity contribution in [1.82, 2.24) is 4.90 Å². The van der Waals surface area contributed by atoms with E-state index >= 15 is 0 Å². The van der Waals surface area contributed by atoms with Gasteiger partial charge in [0.15, 0.2) is 0 Å². The summed E-state index contributed by atoms with van der Waals surface area (Å²) in [6.07, 6.45) is 31.4. The lowest BCUT2D eigenvalue weighted by molar-refractivity contribution is -0.151. The van der Waals surface area contributed by atoms with Crippen LogP contribution in [0.4, 0.5) is 0 Å². The second-order valence-corrected chi connectivity index (χ2v) is 15.5. The van der Waals surface area contributed by atoms with Crippen molar-refractivity contribution in [3.05, 3.63) is 0 Å². The van der Waals surface area contributed by atoms with E-state index in [2.05, 4.69) is 32.6 Å². The van der Waals surface area contributed by atoms with Crippen molar-refractivity contribution in [2.24, 2.45) is 0 Å². The van der Waals surface area contributed by atoms with Gasteiger partial charge in [0.05, 0.1) is 0 Å².